The van der Waals surface area contributed by atoms with Gasteiger partial charge in [0.15, 0.2) is 0 Å². The molecule has 104 valence electrons. The number of nitrogens with one attached hydrogen (secondary N) is 1. The van der Waals surface area contributed by atoms with Crippen molar-refractivity contribution < 1.29 is 9.90 Å². The number of carboxylic acid groups (broad SMARTS) is 1. The van der Waals surface area contributed by atoms with E-state index in [1.807, 2.05) is 12.1 Å². The second-order valence-corrected chi connectivity index (χ2v) is 4.98. The summed E-state index contributed by atoms with van der Waals surface area (Å²) < 4.78 is 0. The number of hydrogen-bond acceptors (Lipinski definition) is 2. The number of aromatic carboxylic acids is 1. The summed E-state index contributed by atoms with van der Waals surface area (Å²) in [5, 5.41) is 12.6. The van der Waals surface area contributed by atoms with Crippen LogP contribution in [-0.2, 0) is 6.42 Å². The summed E-state index contributed by atoms with van der Waals surface area (Å²) in [6.45, 7) is 2.73. The van der Waals surface area contributed by atoms with Gasteiger partial charge in [0.2, 0.25) is 0 Å². The number of carboxylic acids is 1. The van der Waals surface area contributed by atoms with Crippen LogP contribution in [0.15, 0.2) is 42.5 Å². The normalized spacial score (nSPS) is 10.3. The van der Waals surface area contributed by atoms with E-state index in [2.05, 4.69) is 24.4 Å². The fourth-order valence-corrected chi connectivity index (χ4v) is 2.37. The van der Waals surface area contributed by atoms with E-state index in [1.165, 1.54) is 11.1 Å². The van der Waals surface area contributed by atoms with Crippen molar-refractivity contribution in [1.29, 1.82) is 0 Å². The quantitative estimate of drug-likeness (QED) is 0.874. The Labute approximate surface area is 123 Å². The third-order valence-corrected chi connectivity index (χ3v) is 3.51. The minimum Gasteiger partial charge on any atom is -0.478 e. The predicted molar refractivity (Wildman–Crippen MR) is 81.8 cm³/mol. The van der Waals surface area contributed by atoms with Gasteiger partial charge in [0, 0.05) is 6.54 Å². The molecule has 0 aliphatic heterocycles. The van der Waals surface area contributed by atoms with Crippen LogP contribution in [-0.4, -0.2) is 17.6 Å². The molecule has 0 heterocycles. The van der Waals surface area contributed by atoms with Gasteiger partial charge in [0.25, 0.3) is 0 Å². The second-order valence-electron chi connectivity index (χ2n) is 4.57. The fraction of sp³-hybridized carbons (Fsp3) is 0.188. The van der Waals surface area contributed by atoms with Gasteiger partial charge >= 0.3 is 5.97 Å². The lowest BCUT2D eigenvalue weighted by molar-refractivity contribution is 0.0698. The van der Waals surface area contributed by atoms with Crippen molar-refractivity contribution >= 4 is 23.3 Å². The Balaban J connectivity index is 2.07. The highest BCUT2D eigenvalue weighted by Crippen LogP contribution is 2.24. The van der Waals surface area contributed by atoms with Gasteiger partial charge in [0.1, 0.15) is 5.56 Å². The van der Waals surface area contributed by atoms with Crippen LogP contribution in [0.4, 0.5) is 5.69 Å². The van der Waals surface area contributed by atoms with E-state index >= 15 is 0 Å². The van der Waals surface area contributed by atoms with Crippen molar-refractivity contribution in [2.24, 2.45) is 0 Å². The zero-order valence-electron chi connectivity index (χ0n) is 11.2. The van der Waals surface area contributed by atoms with E-state index in [-0.39, 0.29) is 10.6 Å². The summed E-state index contributed by atoms with van der Waals surface area (Å²) in [4.78, 5) is 11.2. The first-order valence-electron chi connectivity index (χ1n) is 6.40. The van der Waals surface area contributed by atoms with E-state index in [0.717, 1.165) is 6.42 Å². The molecule has 4 heteroatoms. The fourth-order valence-electron chi connectivity index (χ4n) is 2.11. The minimum absolute atomic E-state index is 0.124. The van der Waals surface area contributed by atoms with Gasteiger partial charge in [-0.3, -0.25) is 0 Å². The van der Waals surface area contributed by atoms with Gasteiger partial charge < -0.3 is 10.4 Å². The first-order valence-corrected chi connectivity index (χ1v) is 6.77. The molecule has 0 unspecified atom stereocenters. The summed E-state index contributed by atoms with van der Waals surface area (Å²) in [6.07, 6.45) is 0.832. The highest BCUT2D eigenvalue weighted by atomic mass is 35.5. The molecule has 0 aliphatic rings. The highest BCUT2D eigenvalue weighted by Gasteiger charge is 2.13. The van der Waals surface area contributed by atoms with Crippen LogP contribution in [0.3, 0.4) is 0 Å². The number of halogens is 1. The molecule has 0 amide bonds. The maximum absolute atomic E-state index is 11.2. The number of hydrogen-bond donors (Lipinski definition) is 2. The molecule has 2 rings (SSSR count). The Morgan fingerprint density at radius 1 is 1.20 bits per heavy atom. The number of benzene rings is 2. The van der Waals surface area contributed by atoms with Crippen LogP contribution >= 0.6 is 11.6 Å². The number of anilines is 1. The van der Waals surface area contributed by atoms with Crippen LogP contribution < -0.4 is 5.32 Å². The molecule has 0 aliphatic carbocycles. The maximum atomic E-state index is 11.2. The number of rotatable bonds is 5. The largest absolute Gasteiger partial charge is 0.478 e. The number of aryl methyl sites for hydroxylation is 1. The van der Waals surface area contributed by atoms with Crippen molar-refractivity contribution in [2.75, 3.05) is 11.9 Å². The van der Waals surface area contributed by atoms with Crippen molar-refractivity contribution in [3.63, 3.8) is 0 Å². The van der Waals surface area contributed by atoms with Crippen LogP contribution in [0.2, 0.25) is 5.02 Å². The third-order valence-electron chi connectivity index (χ3n) is 3.20. The van der Waals surface area contributed by atoms with E-state index in [0.29, 0.717) is 12.2 Å². The van der Waals surface area contributed by atoms with E-state index in [1.54, 1.807) is 18.2 Å². The molecule has 0 fully saturated rings. The molecular formula is C16H16ClNO2. The summed E-state index contributed by atoms with van der Waals surface area (Å²) in [6, 6.07) is 13.2. The van der Waals surface area contributed by atoms with Crippen molar-refractivity contribution in [1.82, 2.24) is 0 Å². The maximum Gasteiger partial charge on any atom is 0.339 e. The molecule has 2 aromatic carbocycles. The van der Waals surface area contributed by atoms with Gasteiger partial charge in [-0.2, -0.15) is 0 Å². The Morgan fingerprint density at radius 3 is 2.65 bits per heavy atom. The monoisotopic (exact) mass is 289 g/mol. The van der Waals surface area contributed by atoms with Crippen molar-refractivity contribution in [3.05, 3.63) is 64.2 Å². The molecule has 0 aromatic heterocycles. The zero-order valence-corrected chi connectivity index (χ0v) is 11.9. The number of carbonyl (C=O) groups is 1. The molecule has 0 spiro atoms. The van der Waals surface area contributed by atoms with Gasteiger partial charge in [-0.1, -0.05) is 41.9 Å². The second kappa shape index (κ2) is 6.44. The summed E-state index contributed by atoms with van der Waals surface area (Å²) >= 11 is 5.92. The van der Waals surface area contributed by atoms with Crippen LogP contribution in [0.25, 0.3) is 0 Å². The lowest BCUT2D eigenvalue weighted by atomic mass is 10.1. The van der Waals surface area contributed by atoms with Gasteiger partial charge in [0.05, 0.1) is 10.7 Å². The van der Waals surface area contributed by atoms with Crippen LogP contribution in [0.5, 0.6) is 0 Å². The molecule has 20 heavy (non-hydrogen) atoms. The Hall–Kier alpha value is -2.00. The minimum atomic E-state index is -1.02. The standard InChI is InChI=1S/C16H16ClNO2/c1-11-5-2-3-6-12(11)9-10-18-14-8-4-7-13(17)15(14)16(19)20/h2-8,18H,9-10H2,1H3,(H,19,20). The molecule has 0 saturated heterocycles. The van der Waals surface area contributed by atoms with Gasteiger partial charge in [-0.05, 0) is 36.6 Å². The average molecular weight is 290 g/mol. The zero-order chi connectivity index (χ0) is 14.5. The highest BCUT2D eigenvalue weighted by molar-refractivity contribution is 6.34. The lowest BCUT2D eigenvalue weighted by Gasteiger charge is -2.11. The van der Waals surface area contributed by atoms with Gasteiger partial charge in [-0.15, -0.1) is 0 Å². The molecule has 0 atom stereocenters. The Morgan fingerprint density at radius 2 is 1.95 bits per heavy atom. The molecule has 3 nitrogen and oxygen atoms in total. The summed E-state index contributed by atoms with van der Waals surface area (Å²) in [5.74, 6) is -1.02. The summed E-state index contributed by atoms with van der Waals surface area (Å²) in [7, 11) is 0. The molecule has 0 saturated carbocycles. The first-order chi connectivity index (χ1) is 9.59. The molecule has 0 radical (unpaired) electrons. The van der Waals surface area contributed by atoms with Crippen molar-refractivity contribution in [3.8, 4) is 0 Å². The molecular weight excluding hydrogens is 274 g/mol. The van der Waals surface area contributed by atoms with Gasteiger partial charge in [-0.25, -0.2) is 4.79 Å². The first kappa shape index (κ1) is 14.4. The summed E-state index contributed by atoms with van der Waals surface area (Å²) in [5.41, 5.74) is 3.16. The Kier molecular flexibility index (Phi) is 4.64. The Bertz CT molecular complexity index is 626. The predicted octanol–water partition coefficient (Wildman–Crippen LogP) is 4.00. The smallest absolute Gasteiger partial charge is 0.339 e. The van der Waals surface area contributed by atoms with E-state index in [9.17, 15) is 9.90 Å². The van der Waals surface area contributed by atoms with E-state index in [4.69, 9.17) is 11.6 Å². The van der Waals surface area contributed by atoms with E-state index < -0.39 is 5.97 Å². The molecule has 2 N–H and O–H groups in total. The lowest BCUT2D eigenvalue weighted by Crippen LogP contribution is -2.10. The topological polar surface area (TPSA) is 49.3 Å². The van der Waals surface area contributed by atoms with Crippen LogP contribution in [0, 0.1) is 6.92 Å². The van der Waals surface area contributed by atoms with Crippen LogP contribution in [0.1, 0.15) is 21.5 Å². The third kappa shape index (κ3) is 3.31. The molecule has 0 bridgehead atoms. The van der Waals surface area contributed by atoms with Crippen molar-refractivity contribution in [2.45, 2.75) is 13.3 Å². The SMILES string of the molecule is Cc1ccccc1CCNc1cccc(Cl)c1C(=O)O. The average Bonchev–Trinajstić information content (AvgIpc) is 2.40. The molecule has 2 aromatic rings.